The molecule has 142 valence electrons. The second-order valence-electron chi connectivity index (χ2n) is 7.52. The molecule has 2 N–H and O–H groups in total. The highest BCUT2D eigenvalue weighted by molar-refractivity contribution is 5.72. The average molecular weight is 362 g/mol. The summed E-state index contributed by atoms with van der Waals surface area (Å²) in [5.74, 6) is 1.11. The fourth-order valence-corrected chi connectivity index (χ4v) is 4.29. The molecule has 0 radical (unpaired) electrons. The monoisotopic (exact) mass is 361 g/mol. The van der Waals surface area contributed by atoms with E-state index < -0.39 is 0 Å². The van der Waals surface area contributed by atoms with Gasteiger partial charge in [-0.05, 0) is 73.5 Å². The van der Waals surface area contributed by atoms with E-state index in [-0.39, 0.29) is 0 Å². The van der Waals surface area contributed by atoms with Crippen molar-refractivity contribution in [3.05, 3.63) is 83.0 Å². The minimum absolute atomic E-state index is 0.349. The lowest BCUT2D eigenvalue weighted by atomic mass is 9.72. The highest BCUT2D eigenvalue weighted by Crippen LogP contribution is 2.43. The van der Waals surface area contributed by atoms with Crippen molar-refractivity contribution in [2.45, 2.75) is 45.4 Å². The molecule has 0 spiro atoms. The summed E-state index contributed by atoms with van der Waals surface area (Å²) in [6.07, 6.45) is 11.3. The van der Waals surface area contributed by atoms with E-state index in [4.69, 9.17) is 10.5 Å². The third-order valence-corrected chi connectivity index (χ3v) is 5.78. The van der Waals surface area contributed by atoms with Crippen LogP contribution in [0.4, 0.5) is 5.69 Å². The molecule has 0 saturated carbocycles. The van der Waals surface area contributed by atoms with Crippen LogP contribution in [-0.4, -0.2) is 7.11 Å². The first kappa shape index (κ1) is 19.3. The number of anilines is 1. The number of para-hydroxylation sites is 1. The van der Waals surface area contributed by atoms with E-state index in [0.717, 1.165) is 29.7 Å². The number of benzene rings is 1. The number of hydrogen-bond donors (Lipinski definition) is 1. The third kappa shape index (κ3) is 4.10. The Morgan fingerprint density at radius 1 is 1.26 bits per heavy atom. The standard InChI is InChI=1S/C25H31NO/c1-5-19-16-20-10-6-7-11-21(20)18(3)23(19)14-17(2)15-25(27-4)22-12-8-9-13-24(22)26/h8-9,12-13,15-16,23H,2-3,5-7,10-11,14,26H2,1,4H3/b25-15-. The van der Waals surface area contributed by atoms with Crippen LogP contribution in [0.2, 0.25) is 0 Å². The van der Waals surface area contributed by atoms with Crippen molar-refractivity contribution in [2.24, 2.45) is 5.92 Å². The Morgan fingerprint density at radius 2 is 2.00 bits per heavy atom. The van der Waals surface area contributed by atoms with Gasteiger partial charge in [0, 0.05) is 17.2 Å². The van der Waals surface area contributed by atoms with E-state index in [0.29, 0.717) is 11.6 Å². The quantitative estimate of drug-likeness (QED) is 0.352. The molecule has 3 rings (SSSR count). The molecule has 2 nitrogen and oxygen atoms in total. The smallest absolute Gasteiger partial charge is 0.128 e. The van der Waals surface area contributed by atoms with E-state index in [1.54, 1.807) is 7.11 Å². The van der Waals surface area contributed by atoms with Gasteiger partial charge in [-0.1, -0.05) is 49.4 Å². The molecule has 2 aliphatic carbocycles. The molecule has 0 bridgehead atoms. The largest absolute Gasteiger partial charge is 0.496 e. The van der Waals surface area contributed by atoms with Crippen LogP contribution in [0.1, 0.15) is 51.0 Å². The zero-order valence-electron chi connectivity index (χ0n) is 16.7. The summed E-state index contributed by atoms with van der Waals surface area (Å²) in [4.78, 5) is 0. The zero-order chi connectivity index (χ0) is 19.4. The van der Waals surface area contributed by atoms with Crippen molar-refractivity contribution in [1.82, 2.24) is 0 Å². The number of ether oxygens (including phenoxy) is 1. The minimum atomic E-state index is 0.349. The van der Waals surface area contributed by atoms with Gasteiger partial charge < -0.3 is 10.5 Å². The highest BCUT2D eigenvalue weighted by Gasteiger charge is 2.27. The van der Waals surface area contributed by atoms with E-state index in [9.17, 15) is 0 Å². The molecule has 0 heterocycles. The lowest BCUT2D eigenvalue weighted by molar-refractivity contribution is 0.370. The van der Waals surface area contributed by atoms with Gasteiger partial charge in [-0.15, -0.1) is 0 Å². The topological polar surface area (TPSA) is 35.2 Å². The lowest BCUT2D eigenvalue weighted by Gasteiger charge is -2.33. The SMILES string of the molecule is C=C(/C=C(\OC)c1ccccc1N)CC1C(=C)C2=C(C=C1CC)CCCC2. The molecule has 2 aliphatic rings. The van der Waals surface area contributed by atoms with E-state index in [1.807, 2.05) is 30.3 Å². The predicted molar refractivity (Wildman–Crippen MR) is 116 cm³/mol. The van der Waals surface area contributed by atoms with Crippen LogP contribution in [0.5, 0.6) is 0 Å². The van der Waals surface area contributed by atoms with Crippen LogP contribution >= 0.6 is 0 Å². The second-order valence-corrected chi connectivity index (χ2v) is 7.52. The van der Waals surface area contributed by atoms with Crippen LogP contribution in [0.25, 0.3) is 5.76 Å². The first-order chi connectivity index (χ1) is 13.0. The van der Waals surface area contributed by atoms with E-state index in [1.165, 1.54) is 48.0 Å². The van der Waals surface area contributed by atoms with Crippen LogP contribution in [0, 0.1) is 5.92 Å². The van der Waals surface area contributed by atoms with Gasteiger partial charge in [0.05, 0.1) is 7.11 Å². The van der Waals surface area contributed by atoms with Crippen LogP contribution in [-0.2, 0) is 4.74 Å². The van der Waals surface area contributed by atoms with Gasteiger partial charge in [0.2, 0.25) is 0 Å². The fraction of sp³-hybridized carbons (Fsp3) is 0.360. The maximum absolute atomic E-state index is 6.12. The second kappa shape index (κ2) is 8.47. The summed E-state index contributed by atoms with van der Waals surface area (Å²) in [5.41, 5.74) is 14.6. The fourth-order valence-electron chi connectivity index (χ4n) is 4.29. The third-order valence-electron chi connectivity index (χ3n) is 5.78. The van der Waals surface area contributed by atoms with Gasteiger partial charge >= 0.3 is 0 Å². The Balaban J connectivity index is 1.82. The zero-order valence-corrected chi connectivity index (χ0v) is 16.7. The van der Waals surface area contributed by atoms with Crippen LogP contribution < -0.4 is 5.73 Å². The van der Waals surface area contributed by atoms with Gasteiger partial charge in [-0.3, -0.25) is 0 Å². The van der Waals surface area contributed by atoms with Crippen LogP contribution in [0.15, 0.2) is 77.4 Å². The van der Waals surface area contributed by atoms with E-state index in [2.05, 4.69) is 26.2 Å². The van der Waals surface area contributed by atoms with Crippen molar-refractivity contribution in [2.75, 3.05) is 12.8 Å². The van der Waals surface area contributed by atoms with Crippen molar-refractivity contribution in [3.63, 3.8) is 0 Å². The first-order valence-electron chi connectivity index (χ1n) is 9.95. The van der Waals surface area contributed by atoms with Gasteiger partial charge in [0.15, 0.2) is 0 Å². The molecular formula is C25H31NO. The minimum Gasteiger partial charge on any atom is -0.496 e. The van der Waals surface area contributed by atoms with Crippen LogP contribution in [0.3, 0.4) is 0 Å². The summed E-state index contributed by atoms with van der Waals surface area (Å²) in [6.45, 7) is 11.0. The number of nitrogens with two attached hydrogens (primary N) is 1. The predicted octanol–water partition coefficient (Wildman–Crippen LogP) is 6.60. The molecule has 0 saturated heterocycles. The molecule has 1 unspecified atom stereocenters. The van der Waals surface area contributed by atoms with Gasteiger partial charge in [0.25, 0.3) is 0 Å². The Morgan fingerprint density at radius 3 is 2.70 bits per heavy atom. The molecule has 1 atom stereocenters. The molecule has 0 fully saturated rings. The van der Waals surface area contributed by atoms with Crippen molar-refractivity contribution >= 4 is 11.4 Å². The summed E-state index contributed by atoms with van der Waals surface area (Å²) in [7, 11) is 1.68. The number of allylic oxidation sites excluding steroid dienone is 7. The van der Waals surface area contributed by atoms with Crippen molar-refractivity contribution in [1.29, 1.82) is 0 Å². The average Bonchev–Trinajstić information content (AvgIpc) is 2.68. The molecule has 0 aromatic heterocycles. The summed E-state index contributed by atoms with van der Waals surface area (Å²) < 4.78 is 5.62. The molecule has 2 heteroatoms. The normalized spacial score (nSPS) is 20.2. The maximum atomic E-state index is 6.12. The number of nitrogen functional groups attached to an aromatic ring is 1. The summed E-state index contributed by atoms with van der Waals surface area (Å²) >= 11 is 0. The van der Waals surface area contributed by atoms with Gasteiger partial charge in [-0.25, -0.2) is 0 Å². The molecule has 1 aromatic rings. The molecule has 1 aromatic carbocycles. The lowest BCUT2D eigenvalue weighted by Crippen LogP contribution is -2.17. The Labute approximate surface area is 163 Å². The van der Waals surface area contributed by atoms with Gasteiger partial charge in [0.1, 0.15) is 5.76 Å². The number of methoxy groups -OCH3 is 1. The van der Waals surface area contributed by atoms with Crippen molar-refractivity contribution < 1.29 is 4.74 Å². The molecule has 0 amide bonds. The highest BCUT2D eigenvalue weighted by atomic mass is 16.5. The molecule has 0 aliphatic heterocycles. The number of rotatable bonds is 6. The first-order valence-corrected chi connectivity index (χ1v) is 9.95. The molecule has 27 heavy (non-hydrogen) atoms. The molecular weight excluding hydrogens is 330 g/mol. The summed E-state index contributed by atoms with van der Waals surface area (Å²) in [6, 6.07) is 7.77. The van der Waals surface area contributed by atoms with Gasteiger partial charge in [-0.2, -0.15) is 0 Å². The Kier molecular flexibility index (Phi) is 6.05. The van der Waals surface area contributed by atoms with E-state index >= 15 is 0 Å². The number of hydrogen-bond acceptors (Lipinski definition) is 2. The maximum Gasteiger partial charge on any atom is 0.128 e. The summed E-state index contributed by atoms with van der Waals surface area (Å²) in [5, 5.41) is 0. The Hall–Kier alpha value is -2.48. The van der Waals surface area contributed by atoms with Crippen molar-refractivity contribution in [3.8, 4) is 0 Å². The Bertz CT molecular complexity index is 838.